The zero-order valence-electron chi connectivity index (χ0n) is 12.2. The van der Waals surface area contributed by atoms with Crippen molar-refractivity contribution in [3.05, 3.63) is 0 Å². The van der Waals surface area contributed by atoms with E-state index in [-0.39, 0.29) is 23.9 Å². The van der Waals surface area contributed by atoms with E-state index in [9.17, 15) is 9.59 Å². The lowest BCUT2D eigenvalue weighted by molar-refractivity contribution is -0.159. The van der Waals surface area contributed by atoms with Crippen LogP contribution in [-0.2, 0) is 9.59 Å². The zero-order valence-corrected chi connectivity index (χ0v) is 12.2. The standard InChI is InChI=1S/C14H26N2O2/c1-6-9-11-12(17)16(10(7-2)8-3)14(4,5)13(18)15-11/h10-11H,6-9H2,1-5H3,(H,15,18). The summed E-state index contributed by atoms with van der Waals surface area (Å²) in [6, 6.07) is -0.186. The molecule has 1 unspecified atom stereocenters. The highest BCUT2D eigenvalue weighted by Gasteiger charge is 2.47. The van der Waals surface area contributed by atoms with Gasteiger partial charge in [0.1, 0.15) is 11.6 Å². The fourth-order valence-corrected chi connectivity index (χ4v) is 2.72. The fraction of sp³-hybridized carbons (Fsp3) is 0.857. The second-order valence-electron chi connectivity index (χ2n) is 5.55. The largest absolute Gasteiger partial charge is 0.342 e. The van der Waals surface area contributed by atoms with Crippen molar-refractivity contribution in [3.8, 4) is 0 Å². The molecule has 0 aromatic heterocycles. The third kappa shape index (κ3) is 2.52. The average Bonchev–Trinajstić information content (AvgIpc) is 2.32. The lowest BCUT2D eigenvalue weighted by atomic mass is 9.90. The van der Waals surface area contributed by atoms with Gasteiger partial charge in [-0.3, -0.25) is 9.59 Å². The fourth-order valence-electron chi connectivity index (χ4n) is 2.72. The molecule has 0 aromatic rings. The maximum atomic E-state index is 12.5. The Morgan fingerprint density at radius 2 is 1.78 bits per heavy atom. The topological polar surface area (TPSA) is 49.4 Å². The number of rotatable bonds is 5. The predicted octanol–water partition coefficient (Wildman–Crippen LogP) is 2.08. The van der Waals surface area contributed by atoms with Gasteiger partial charge in [0.15, 0.2) is 0 Å². The van der Waals surface area contributed by atoms with Crippen molar-refractivity contribution >= 4 is 11.8 Å². The van der Waals surface area contributed by atoms with Crippen molar-refractivity contribution in [2.75, 3.05) is 0 Å². The summed E-state index contributed by atoms with van der Waals surface area (Å²) in [7, 11) is 0. The number of carbonyl (C=O) groups is 2. The van der Waals surface area contributed by atoms with Crippen molar-refractivity contribution in [2.24, 2.45) is 0 Å². The first-order valence-corrected chi connectivity index (χ1v) is 7.04. The molecule has 4 nitrogen and oxygen atoms in total. The van der Waals surface area contributed by atoms with Gasteiger partial charge < -0.3 is 10.2 Å². The Bertz CT molecular complexity index is 322. The summed E-state index contributed by atoms with van der Waals surface area (Å²) in [5, 5.41) is 2.86. The smallest absolute Gasteiger partial charge is 0.246 e. The van der Waals surface area contributed by atoms with Gasteiger partial charge in [-0.25, -0.2) is 0 Å². The summed E-state index contributed by atoms with van der Waals surface area (Å²) < 4.78 is 0. The zero-order chi connectivity index (χ0) is 13.9. The molecule has 1 heterocycles. The molecule has 1 aliphatic rings. The highest BCUT2D eigenvalue weighted by Crippen LogP contribution is 2.27. The molecule has 0 spiro atoms. The van der Waals surface area contributed by atoms with Crippen LogP contribution in [0.3, 0.4) is 0 Å². The summed E-state index contributed by atoms with van der Waals surface area (Å²) in [5.74, 6) is 0.0441. The molecule has 1 atom stereocenters. The highest BCUT2D eigenvalue weighted by atomic mass is 16.2. The molecule has 1 fully saturated rings. The second kappa shape index (κ2) is 5.72. The van der Waals surface area contributed by atoms with Gasteiger partial charge in [0.25, 0.3) is 0 Å². The lowest BCUT2D eigenvalue weighted by Crippen LogP contribution is -2.70. The van der Waals surface area contributed by atoms with Crippen LogP contribution in [-0.4, -0.2) is 34.3 Å². The number of hydrogen-bond donors (Lipinski definition) is 1. The van der Waals surface area contributed by atoms with Crippen LogP contribution in [0.1, 0.15) is 60.3 Å². The van der Waals surface area contributed by atoms with Crippen LogP contribution in [0.25, 0.3) is 0 Å². The van der Waals surface area contributed by atoms with Crippen LogP contribution in [0.15, 0.2) is 0 Å². The molecule has 1 rings (SSSR count). The predicted molar refractivity (Wildman–Crippen MR) is 72.1 cm³/mol. The molecule has 0 bridgehead atoms. The second-order valence-corrected chi connectivity index (χ2v) is 5.55. The quantitative estimate of drug-likeness (QED) is 0.816. The Morgan fingerprint density at radius 1 is 1.22 bits per heavy atom. The van der Waals surface area contributed by atoms with Gasteiger partial charge >= 0.3 is 0 Å². The minimum Gasteiger partial charge on any atom is -0.342 e. The molecule has 0 radical (unpaired) electrons. The highest BCUT2D eigenvalue weighted by molar-refractivity contribution is 5.99. The Labute approximate surface area is 110 Å². The monoisotopic (exact) mass is 254 g/mol. The van der Waals surface area contributed by atoms with Crippen LogP contribution in [0.5, 0.6) is 0 Å². The summed E-state index contributed by atoms with van der Waals surface area (Å²) in [5.41, 5.74) is -0.738. The first-order valence-electron chi connectivity index (χ1n) is 7.04. The van der Waals surface area contributed by atoms with Gasteiger partial charge in [0.2, 0.25) is 11.8 Å². The van der Waals surface area contributed by atoms with E-state index >= 15 is 0 Å². The number of hydrogen-bond acceptors (Lipinski definition) is 2. The van der Waals surface area contributed by atoms with Crippen LogP contribution >= 0.6 is 0 Å². The molecule has 0 aliphatic carbocycles. The van der Waals surface area contributed by atoms with Gasteiger partial charge in [-0.05, 0) is 33.1 Å². The minimum absolute atomic E-state index is 0.0348. The summed E-state index contributed by atoms with van der Waals surface area (Å²) in [6.07, 6.45) is 3.39. The van der Waals surface area contributed by atoms with Gasteiger partial charge in [0, 0.05) is 6.04 Å². The van der Waals surface area contributed by atoms with Crippen molar-refractivity contribution in [2.45, 2.75) is 77.9 Å². The van der Waals surface area contributed by atoms with Crippen LogP contribution in [0.4, 0.5) is 0 Å². The Balaban J connectivity index is 3.06. The maximum Gasteiger partial charge on any atom is 0.246 e. The molecule has 2 amide bonds. The van der Waals surface area contributed by atoms with Gasteiger partial charge in [-0.2, -0.15) is 0 Å². The number of amides is 2. The molecule has 4 heteroatoms. The molecular weight excluding hydrogens is 228 g/mol. The molecular formula is C14H26N2O2. The SMILES string of the molecule is CCCC1NC(=O)C(C)(C)N(C(CC)CC)C1=O. The molecule has 1 aliphatic heterocycles. The third-order valence-electron chi connectivity index (χ3n) is 3.88. The Hall–Kier alpha value is -1.06. The first kappa shape index (κ1) is 15.0. The molecule has 18 heavy (non-hydrogen) atoms. The van der Waals surface area contributed by atoms with Gasteiger partial charge in [0.05, 0.1) is 0 Å². The molecule has 1 saturated heterocycles. The Morgan fingerprint density at radius 3 is 2.22 bits per heavy atom. The normalized spacial score (nSPS) is 23.4. The van der Waals surface area contributed by atoms with E-state index in [0.29, 0.717) is 0 Å². The molecule has 0 aromatic carbocycles. The van der Waals surface area contributed by atoms with E-state index in [1.54, 1.807) is 0 Å². The van der Waals surface area contributed by atoms with Crippen molar-refractivity contribution in [3.63, 3.8) is 0 Å². The summed E-state index contributed by atoms with van der Waals surface area (Å²) in [6.45, 7) is 9.83. The maximum absolute atomic E-state index is 12.5. The average molecular weight is 254 g/mol. The van der Waals surface area contributed by atoms with E-state index in [1.165, 1.54) is 0 Å². The van der Waals surface area contributed by atoms with Crippen molar-refractivity contribution in [1.82, 2.24) is 10.2 Å². The van der Waals surface area contributed by atoms with E-state index in [1.807, 2.05) is 25.7 Å². The lowest BCUT2D eigenvalue weighted by Gasteiger charge is -2.48. The Kier molecular flexibility index (Phi) is 4.77. The van der Waals surface area contributed by atoms with Crippen LogP contribution in [0.2, 0.25) is 0 Å². The summed E-state index contributed by atoms with van der Waals surface area (Å²) in [4.78, 5) is 26.5. The first-order chi connectivity index (χ1) is 8.39. The van der Waals surface area contributed by atoms with E-state index < -0.39 is 5.54 Å². The van der Waals surface area contributed by atoms with Crippen LogP contribution in [0, 0.1) is 0 Å². The number of nitrogens with zero attached hydrogens (tertiary/aromatic N) is 1. The minimum atomic E-state index is -0.738. The number of nitrogens with one attached hydrogen (secondary N) is 1. The summed E-state index contributed by atoms with van der Waals surface area (Å²) >= 11 is 0. The van der Waals surface area contributed by atoms with Gasteiger partial charge in [-0.1, -0.05) is 27.2 Å². The molecule has 0 saturated carbocycles. The molecule has 104 valence electrons. The van der Waals surface area contributed by atoms with E-state index in [0.717, 1.165) is 25.7 Å². The van der Waals surface area contributed by atoms with E-state index in [2.05, 4.69) is 19.2 Å². The van der Waals surface area contributed by atoms with Gasteiger partial charge in [-0.15, -0.1) is 0 Å². The number of carbonyl (C=O) groups excluding carboxylic acids is 2. The number of piperazine rings is 1. The van der Waals surface area contributed by atoms with Crippen LogP contribution < -0.4 is 5.32 Å². The van der Waals surface area contributed by atoms with E-state index in [4.69, 9.17) is 0 Å². The van der Waals surface area contributed by atoms with Crippen molar-refractivity contribution < 1.29 is 9.59 Å². The third-order valence-corrected chi connectivity index (χ3v) is 3.88. The van der Waals surface area contributed by atoms with Crippen molar-refractivity contribution in [1.29, 1.82) is 0 Å². The molecule has 1 N–H and O–H groups in total.